The van der Waals surface area contributed by atoms with Gasteiger partial charge in [-0.1, -0.05) is 6.92 Å². The number of carbonyl (C=O) groups is 1. The highest BCUT2D eigenvalue weighted by Crippen LogP contribution is 2.32. The Labute approximate surface area is 229 Å². The van der Waals surface area contributed by atoms with Crippen molar-refractivity contribution < 1.29 is 45.0 Å². The average molecular weight is 597 g/mol. The summed E-state index contributed by atoms with van der Waals surface area (Å²) in [6.07, 6.45) is -2.09. The Morgan fingerprint density at radius 3 is 2.50 bits per heavy atom. The van der Waals surface area contributed by atoms with Crippen LogP contribution in [0.4, 0.5) is 22.0 Å². The molecule has 224 valence electrons. The number of pyridine rings is 1. The van der Waals surface area contributed by atoms with E-state index < -0.39 is 45.8 Å². The zero-order chi connectivity index (χ0) is 29.9. The average Bonchev–Trinajstić information content (AvgIpc) is 3.17. The molecule has 0 radical (unpaired) electrons. The summed E-state index contributed by atoms with van der Waals surface area (Å²) >= 11 is 0. The number of aromatic nitrogens is 3. The predicted molar refractivity (Wildman–Crippen MR) is 135 cm³/mol. The zero-order valence-electron chi connectivity index (χ0n) is 22.4. The zero-order valence-corrected chi connectivity index (χ0v) is 23.2. The van der Waals surface area contributed by atoms with E-state index in [-0.39, 0.29) is 80.0 Å². The Balaban J connectivity index is 1.82. The fraction of sp³-hybridized carbons (Fsp3) is 0.640. The van der Waals surface area contributed by atoms with Crippen LogP contribution in [0.2, 0.25) is 0 Å². The summed E-state index contributed by atoms with van der Waals surface area (Å²) in [6.45, 7) is -0.123. The molecule has 1 saturated carbocycles. The summed E-state index contributed by atoms with van der Waals surface area (Å²) < 4.78 is 93.6. The molecule has 40 heavy (non-hydrogen) atoms. The summed E-state index contributed by atoms with van der Waals surface area (Å²) in [4.78, 5) is 21.6. The predicted octanol–water partition coefficient (Wildman–Crippen LogP) is 4.07. The molecule has 0 bridgehead atoms. The van der Waals surface area contributed by atoms with Crippen molar-refractivity contribution in [2.75, 3.05) is 12.8 Å². The van der Waals surface area contributed by atoms with Crippen LogP contribution in [0.5, 0.6) is 5.75 Å². The first-order valence-electron chi connectivity index (χ1n) is 12.8. The third kappa shape index (κ3) is 8.12. The number of rotatable bonds is 11. The van der Waals surface area contributed by atoms with E-state index in [0.717, 1.165) is 6.26 Å². The molecule has 0 unspecified atom stereocenters. The van der Waals surface area contributed by atoms with Gasteiger partial charge < -0.3 is 15.2 Å². The van der Waals surface area contributed by atoms with E-state index in [4.69, 9.17) is 0 Å². The number of hydrogen-bond acceptors (Lipinski definition) is 7. The summed E-state index contributed by atoms with van der Waals surface area (Å²) in [6, 6.07) is 1.20. The first kappa shape index (κ1) is 31.7. The molecule has 15 heteroatoms. The minimum atomic E-state index is -4.35. The van der Waals surface area contributed by atoms with Crippen molar-refractivity contribution in [1.82, 2.24) is 19.9 Å². The van der Waals surface area contributed by atoms with Crippen molar-refractivity contribution in [3.05, 3.63) is 35.0 Å². The molecular weight excluding hydrogens is 563 g/mol. The lowest BCUT2D eigenvalue weighted by molar-refractivity contribution is -0.135. The third-order valence-electron chi connectivity index (χ3n) is 7.00. The first-order chi connectivity index (χ1) is 18.5. The van der Waals surface area contributed by atoms with Crippen molar-refractivity contribution in [2.45, 2.75) is 88.9 Å². The largest absolute Gasteiger partial charge is 0.431 e. The number of nitrogens with one attached hydrogen (secondary N) is 1. The molecule has 0 atom stereocenters. The maximum atomic E-state index is 13.2. The van der Waals surface area contributed by atoms with Gasteiger partial charge in [0.15, 0.2) is 11.6 Å². The number of hydrogen-bond donors (Lipinski definition) is 2. The van der Waals surface area contributed by atoms with E-state index in [1.165, 1.54) is 23.8 Å². The van der Waals surface area contributed by atoms with Crippen LogP contribution in [0, 0.1) is 6.92 Å². The van der Waals surface area contributed by atoms with E-state index in [2.05, 4.69) is 20.0 Å². The van der Waals surface area contributed by atoms with E-state index >= 15 is 0 Å². The summed E-state index contributed by atoms with van der Waals surface area (Å²) in [5, 5.41) is 13.0. The molecule has 0 aromatic carbocycles. The van der Waals surface area contributed by atoms with Crippen molar-refractivity contribution in [1.29, 1.82) is 0 Å². The highest BCUT2D eigenvalue weighted by atomic mass is 32.2. The summed E-state index contributed by atoms with van der Waals surface area (Å²) in [5.41, 5.74) is -0.804. The molecule has 1 aliphatic carbocycles. The normalized spacial score (nSPS) is 20.1. The van der Waals surface area contributed by atoms with Gasteiger partial charge in [0, 0.05) is 31.8 Å². The van der Waals surface area contributed by atoms with Crippen LogP contribution < -0.4 is 10.1 Å². The van der Waals surface area contributed by atoms with Crippen LogP contribution in [0.15, 0.2) is 12.3 Å². The fourth-order valence-electron chi connectivity index (χ4n) is 4.81. The Kier molecular flexibility index (Phi) is 9.81. The molecule has 1 fully saturated rings. The molecule has 9 nitrogen and oxygen atoms in total. The molecule has 3 rings (SSSR count). The van der Waals surface area contributed by atoms with Gasteiger partial charge in [0.1, 0.15) is 21.4 Å². The van der Waals surface area contributed by atoms with Crippen LogP contribution >= 0.6 is 0 Å². The molecule has 1 amide bonds. The number of nitrogens with zero attached hydrogens (tertiary/aromatic N) is 3. The summed E-state index contributed by atoms with van der Waals surface area (Å²) in [5.74, 6) is -0.812. The SMILES string of the molecule is CCc1nc(C(=O)NC[C@]2(O)CC[C@@H](S(C)(=O)=O)CC2)c(C)n1-c1ncc(CCCC(F)(F)F)cc1OC(F)F. The monoisotopic (exact) mass is 596 g/mol. The van der Waals surface area contributed by atoms with E-state index in [1.807, 2.05) is 0 Å². The molecule has 1 aliphatic rings. The Morgan fingerprint density at radius 2 is 1.95 bits per heavy atom. The lowest BCUT2D eigenvalue weighted by atomic mass is 9.84. The van der Waals surface area contributed by atoms with Gasteiger partial charge in [-0.05, 0) is 57.1 Å². The number of alkyl halides is 5. The molecular formula is C25H33F5N4O5S. The number of amides is 1. The molecule has 0 spiro atoms. The minimum absolute atomic E-state index is 0.0377. The second-order valence-electron chi connectivity index (χ2n) is 10.1. The maximum Gasteiger partial charge on any atom is 0.389 e. The summed E-state index contributed by atoms with van der Waals surface area (Å²) in [7, 11) is -3.23. The van der Waals surface area contributed by atoms with Crippen LogP contribution in [-0.4, -0.2) is 70.4 Å². The van der Waals surface area contributed by atoms with Crippen LogP contribution in [0.1, 0.15) is 73.0 Å². The number of ether oxygens (including phenoxy) is 1. The number of halogens is 5. The minimum Gasteiger partial charge on any atom is -0.431 e. The number of carbonyl (C=O) groups excluding carboxylic acids is 1. The lowest BCUT2D eigenvalue weighted by Gasteiger charge is -2.35. The number of aryl methyl sites for hydroxylation is 2. The van der Waals surface area contributed by atoms with Crippen molar-refractivity contribution in [3.8, 4) is 11.6 Å². The maximum absolute atomic E-state index is 13.2. The van der Waals surface area contributed by atoms with E-state index in [1.54, 1.807) is 6.92 Å². The van der Waals surface area contributed by atoms with Gasteiger partial charge in [0.05, 0.1) is 16.5 Å². The van der Waals surface area contributed by atoms with Crippen molar-refractivity contribution in [2.24, 2.45) is 0 Å². The van der Waals surface area contributed by atoms with Crippen LogP contribution in [-0.2, 0) is 22.7 Å². The highest BCUT2D eigenvalue weighted by Gasteiger charge is 2.37. The Bertz CT molecular complexity index is 1310. The fourth-order valence-corrected chi connectivity index (χ4v) is 5.91. The topological polar surface area (TPSA) is 123 Å². The van der Waals surface area contributed by atoms with Gasteiger partial charge in [-0.3, -0.25) is 9.36 Å². The molecule has 2 heterocycles. The van der Waals surface area contributed by atoms with E-state index in [9.17, 15) is 40.3 Å². The number of imidazole rings is 1. The van der Waals surface area contributed by atoms with Crippen molar-refractivity contribution in [3.63, 3.8) is 0 Å². The van der Waals surface area contributed by atoms with Crippen molar-refractivity contribution >= 4 is 15.7 Å². The molecule has 0 aliphatic heterocycles. The molecule has 2 aromatic heterocycles. The molecule has 0 saturated heterocycles. The Morgan fingerprint density at radius 1 is 1.30 bits per heavy atom. The van der Waals surface area contributed by atoms with Crippen LogP contribution in [0.3, 0.4) is 0 Å². The molecule has 2 aromatic rings. The standard InChI is InChI=1S/C25H33F5N4O5S/c1-4-19-33-20(22(35)32-14-24(36)10-7-17(8-11-24)40(3,37)38)15(2)34(19)21-18(39-23(26)27)12-16(13-31-21)6-5-9-25(28,29)30/h12-13,17,23,36H,4-11,14H2,1-3H3,(H,32,35)/t17-,24+. The van der Waals surface area contributed by atoms with Gasteiger partial charge in [-0.25, -0.2) is 18.4 Å². The first-order valence-corrected chi connectivity index (χ1v) is 14.8. The molecule has 2 N–H and O–H groups in total. The van der Waals surface area contributed by atoms with Gasteiger partial charge >= 0.3 is 12.8 Å². The number of sulfone groups is 1. The van der Waals surface area contributed by atoms with Gasteiger partial charge in [0.2, 0.25) is 0 Å². The number of aliphatic hydroxyl groups is 1. The van der Waals surface area contributed by atoms with E-state index in [0.29, 0.717) is 5.82 Å². The third-order valence-corrected chi connectivity index (χ3v) is 8.68. The highest BCUT2D eigenvalue weighted by molar-refractivity contribution is 7.91. The quantitative estimate of drug-likeness (QED) is 0.375. The lowest BCUT2D eigenvalue weighted by Crippen LogP contribution is -2.47. The second kappa shape index (κ2) is 12.4. The van der Waals surface area contributed by atoms with Gasteiger partial charge in [0.25, 0.3) is 5.91 Å². The van der Waals surface area contributed by atoms with Gasteiger partial charge in [-0.15, -0.1) is 0 Å². The Hall–Kier alpha value is -2.81. The van der Waals surface area contributed by atoms with Crippen LogP contribution in [0.25, 0.3) is 5.82 Å². The van der Waals surface area contributed by atoms with Gasteiger partial charge in [-0.2, -0.15) is 22.0 Å². The smallest absolute Gasteiger partial charge is 0.389 e. The second-order valence-corrected chi connectivity index (χ2v) is 12.4.